The van der Waals surface area contributed by atoms with Crippen molar-refractivity contribution in [2.75, 3.05) is 13.2 Å². The van der Waals surface area contributed by atoms with Gasteiger partial charge in [-0.2, -0.15) is 8.42 Å². The molecule has 0 radical (unpaired) electrons. The van der Waals surface area contributed by atoms with Crippen LogP contribution in [0.2, 0.25) is 0 Å². The first-order valence-electron chi connectivity index (χ1n) is 11.3. The molecule has 212 valence electrons. The minimum absolute atomic E-state index is 0.0340. The third kappa shape index (κ3) is 12.4. The van der Waals surface area contributed by atoms with Crippen LogP contribution in [0.25, 0.3) is 0 Å². The van der Waals surface area contributed by atoms with E-state index in [9.17, 15) is 19.8 Å². The van der Waals surface area contributed by atoms with Gasteiger partial charge in [-0.05, 0) is 73.2 Å². The number of carbonyl (C=O) groups excluding carboxylic acids is 2. The standard InChI is InChI=1S/C24H23NO6.C2H6O.H2O4S/c1-24(2,14-25)17-11-20(30-22(28)15-3-7-18(26)8-4-15)13-21(12-17)31-23(29)16-5-9-19(27)10-6-16;1-2-3;1-5(2,3)4/h3-13,26-27H,14,25H2,1-2H3;3H,2H2,1H3;(H2,1,2,3,4). The normalized spacial score (nSPS) is 10.7. The number of hydrogen-bond acceptors (Lipinski definition) is 10. The van der Waals surface area contributed by atoms with Crippen LogP contribution in [0.3, 0.4) is 0 Å². The summed E-state index contributed by atoms with van der Waals surface area (Å²) in [6, 6.07) is 16.1. The second-order valence-corrected chi connectivity index (χ2v) is 9.31. The Kier molecular flexibility index (Phi) is 12.5. The third-order valence-electron chi connectivity index (χ3n) is 4.80. The molecule has 0 aromatic heterocycles. The van der Waals surface area contributed by atoms with Gasteiger partial charge in [0.25, 0.3) is 0 Å². The third-order valence-corrected chi connectivity index (χ3v) is 4.80. The first kappa shape index (κ1) is 33.0. The lowest BCUT2D eigenvalue weighted by Crippen LogP contribution is -2.28. The summed E-state index contributed by atoms with van der Waals surface area (Å²) >= 11 is 0. The summed E-state index contributed by atoms with van der Waals surface area (Å²) in [5.74, 6) is -0.813. The maximum atomic E-state index is 12.5. The van der Waals surface area contributed by atoms with Crippen LogP contribution in [-0.4, -0.2) is 57.9 Å². The first-order chi connectivity index (χ1) is 18.1. The van der Waals surface area contributed by atoms with Crippen LogP contribution in [0, 0.1) is 0 Å². The molecule has 3 aromatic rings. The summed E-state index contributed by atoms with van der Waals surface area (Å²) in [6.45, 7) is 6.08. The molecule has 39 heavy (non-hydrogen) atoms. The van der Waals surface area contributed by atoms with Crippen molar-refractivity contribution in [3.8, 4) is 23.0 Å². The van der Waals surface area contributed by atoms with Crippen LogP contribution < -0.4 is 15.2 Å². The Hall–Kier alpha value is -4.01. The van der Waals surface area contributed by atoms with Crippen molar-refractivity contribution in [2.24, 2.45) is 5.73 Å². The molecule has 7 N–H and O–H groups in total. The molecule has 0 saturated carbocycles. The zero-order valence-electron chi connectivity index (χ0n) is 21.4. The molecule has 0 bridgehead atoms. The number of benzene rings is 3. The SMILES string of the molecule is CC(C)(CN)c1cc(OC(=O)c2ccc(O)cc2)cc(OC(=O)c2ccc(O)cc2)c1.CCO.O=S(=O)(O)O. The van der Waals surface area contributed by atoms with E-state index in [1.807, 2.05) is 13.8 Å². The van der Waals surface area contributed by atoms with Gasteiger partial charge < -0.3 is 30.5 Å². The molecule has 3 rings (SSSR count). The zero-order chi connectivity index (χ0) is 29.8. The zero-order valence-corrected chi connectivity index (χ0v) is 22.3. The van der Waals surface area contributed by atoms with E-state index in [4.69, 9.17) is 37.8 Å². The Morgan fingerprint density at radius 3 is 1.38 bits per heavy atom. The number of hydrogen-bond donors (Lipinski definition) is 6. The van der Waals surface area contributed by atoms with Crippen molar-refractivity contribution >= 4 is 22.3 Å². The number of carbonyl (C=O) groups is 2. The molecule has 0 saturated heterocycles. The van der Waals surface area contributed by atoms with E-state index >= 15 is 0 Å². The second kappa shape index (κ2) is 14.8. The lowest BCUT2D eigenvalue weighted by molar-refractivity contribution is 0.0732. The van der Waals surface area contributed by atoms with Gasteiger partial charge in [-0.25, -0.2) is 9.59 Å². The minimum Gasteiger partial charge on any atom is -0.508 e. The van der Waals surface area contributed by atoms with Gasteiger partial charge in [0.05, 0.1) is 11.1 Å². The van der Waals surface area contributed by atoms with Crippen LogP contribution in [-0.2, 0) is 15.8 Å². The second-order valence-electron chi connectivity index (χ2n) is 8.42. The molecule has 0 aliphatic carbocycles. The molecule has 0 spiro atoms. The summed E-state index contributed by atoms with van der Waals surface area (Å²) in [5.41, 5.74) is 6.65. The van der Waals surface area contributed by atoms with Gasteiger partial charge in [0.2, 0.25) is 0 Å². The van der Waals surface area contributed by atoms with Crippen LogP contribution in [0.15, 0.2) is 66.7 Å². The molecule has 0 heterocycles. The number of rotatable bonds is 6. The Morgan fingerprint density at radius 1 is 0.795 bits per heavy atom. The van der Waals surface area contributed by atoms with E-state index in [1.54, 1.807) is 19.1 Å². The summed E-state index contributed by atoms with van der Waals surface area (Å²) in [7, 11) is -4.67. The molecule has 0 unspecified atom stereocenters. The van der Waals surface area contributed by atoms with Gasteiger partial charge in [-0.15, -0.1) is 0 Å². The van der Waals surface area contributed by atoms with E-state index in [0.717, 1.165) is 5.56 Å². The van der Waals surface area contributed by atoms with E-state index in [-0.39, 0.29) is 40.7 Å². The molecule has 13 heteroatoms. The Balaban J connectivity index is 0.000000838. The average Bonchev–Trinajstić information content (AvgIpc) is 2.84. The molecular formula is C26H31NO11S. The predicted molar refractivity (Wildman–Crippen MR) is 142 cm³/mol. The Morgan fingerprint density at radius 2 is 1.10 bits per heavy atom. The highest BCUT2D eigenvalue weighted by Gasteiger charge is 2.22. The minimum atomic E-state index is -4.67. The largest absolute Gasteiger partial charge is 0.508 e. The summed E-state index contributed by atoms with van der Waals surface area (Å²) in [6.07, 6.45) is 0. The average molecular weight is 566 g/mol. The lowest BCUT2D eigenvalue weighted by atomic mass is 9.84. The summed E-state index contributed by atoms with van der Waals surface area (Å²) < 4.78 is 42.5. The molecule has 3 aromatic carbocycles. The van der Waals surface area contributed by atoms with Crippen molar-refractivity contribution < 1.29 is 51.9 Å². The van der Waals surface area contributed by atoms with Crippen molar-refractivity contribution in [3.05, 3.63) is 83.4 Å². The van der Waals surface area contributed by atoms with Crippen molar-refractivity contribution in [1.82, 2.24) is 0 Å². The van der Waals surface area contributed by atoms with Gasteiger partial charge in [0.15, 0.2) is 0 Å². The van der Waals surface area contributed by atoms with Gasteiger partial charge in [-0.3, -0.25) is 9.11 Å². The van der Waals surface area contributed by atoms with E-state index in [1.165, 1.54) is 54.6 Å². The molecule has 12 nitrogen and oxygen atoms in total. The Bertz CT molecular complexity index is 1250. The number of ether oxygens (including phenoxy) is 2. The quantitative estimate of drug-likeness (QED) is 0.144. The monoisotopic (exact) mass is 565 g/mol. The van der Waals surface area contributed by atoms with Crippen LogP contribution in [0.1, 0.15) is 47.1 Å². The molecule has 0 atom stereocenters. The van der Waals surface area contributed by atoms with E-state index < -0.39 is 27.8 Å². The van der Waals surface area contributed by atoms with Crippen LogP contribution >= 0.6 is 0 Å². The number of aliphatic hydroxyl groups excluding tert-OH is 1. The van der Waals surface area contributed by atoms with Gasteiger partial charge >= 0.3 is 22.3 Å². The van der Waals surface area contributed by atoms with E-state index in [2.05, 4.69) is 0 Å². The fourth-order valence-electron chi connectivity index (χ4n) is 2.73. The van der Waals surface area contributed by atoms with Crippen molar-refractivity contribution in [2.45, 2.75) is 26.2 Å². The highest BCUT2D eigenvalue weighted by molar-refractivity contribution is 7.79. The molecular weight excluding hydrogens is 534 g/mol. The molecule has 0 fully saturated rings. The Labute approximate surface area is 225 Å². The number of phenols is 2. The maximum absolute atomic E-state index is 12.5. The number of nitrogens with two attached hydrogens (primary N) is 1. The number of esters is 2. The predicted octanol–water partition coefficient (Wildman–Crippen LogP) is 3.12. The number of aliphatic hydroxyl groups is 1. The van der Waals surface area contributed by atoms with E-state index in [0.29, 0.717) is 6.54 Å². The highest BCUT2D eigenvalue weighted by Crippen LogP contribution is 2.32. The van der Waals surface area contributed by atoms with Crippen LogP contribution in [0.5, 0.6) is 23.0 Å². The lowest BCUT2D eigenvalue weighted by Gasteiger charge is -2.24. The maximum Gasteiger partial charge on any atom is 0.394 e. The molecule has 0 aliphatic rings. The fraction of sp³-hybridized carbons (Fsp3) is 0.231. The smallest absolute Gasteiger partial charge is 0.394 e. The summed E-state index contributed by atoms with van der Waals surface area (Å²) in [4.78, 5) is 25.0. The number of phenolic OH excluding ortho intramolecular Hbond substituents is 2. The van der Waals surface area contributed by atoms with Gasteiger partial charge in [0, 0.05) is 24.6 Å². The molecule has 0 amide bonds. The van der Waals surface area contributed by atoms with Gasteiger partial charge in [-0.1, -0.05) is 13.8 Å². The topological polar surface area (TPSA) is 214 Å². The molecule has 0 aliphatic heterocycles. The first-order valence-corrected chi connectivity index (χ1v) is 12.7. The van der Waals surface area contributed by atoms with Crippen molar-refractivity contribution in [3.63, 3.8) is 0 Å². The fourth-order valence-corrected chi connectivity index (χ4v) is 2.73. The van der Waals surface area contributed by atoms with Crippen LogP contribution in [0.4, 0.5) is 0 Å². The summed E-state index contributed by atoms with van der Waals surface area (Å²) in [5, 5.41) is 26.3. The number of aromatic hydroxyl groups is 2. The van der Waals surface area contributed by atoms with Gasteiger partial charge in [0.1, 0.15) is 23.0 Å². The highest BCUT2D eigenvalue weighted by atomic mass is 32.3. The van der Waals surface area contributed by atoms with Crippen molar-refractivity contribution in [1.29, 1.82) is 0 Å².